The summed E-state index contributed by atoms with van der Waals surface area (Å²) in [5.74, 6) is 0.688. The van der Waals surface area contributed by atoms with Crippen LogP contribution in [0.25, 0.3) is 0 Å². The van der Waals surface area contributed by atoms with E-state index in [-0.39, 0.29) is 0 Å². The summed E-state index contributed by atoms with van der Waals surface area (Å²) in [5, 5.41) is 9.59. The Labute approximate surface area is 73.7 Å². The molecule has 1 atom stereocenters. The first-order valence-electron chi connectivity index (χ1n) is 4.51. The standard InChI is InChI=1S/C9H18O3/c1-11-9(12-2)8(10)6-7-4-3-5-7/h7-10H,3-6H2,1-2H3. The van der Waals surface area contributed by atoms with E-state index in [1.165, 1.54) is 19.3 Å². The summed E-state index contributed by atoms with van der Waals surface area (Å²) in [6.45, 7) is 0. The minimum Gasteiger partial charge on any atom is -0.388 e. The van der Waals surface area contributed by atoms with E-state index in [0.29, 0.717) is 5.92 Å². The van der Waals surface area contributed by atoms with E-state index >= 15 is 0 Å². The lowest BCUT2D eigenvalue weighted by atomic mass is 9.81. The molecule has 0 aromatic rings. The summed E-state index contributed by atoms with van der Waals surface area (Å²) in [7, 11) is 3.11. The Kier molecular flexibility index (Phi) is 3.98. The van der Waals surface area contributed by atoms with Gasteiger partial charge in [0.25, 0.3) is 0 Å². The third kappa shape index (κ3) is 2.44. The molecule has 0 amide bonds. The second-order valence-electron chi connectivity index (χ2n) is 3.44. The normalized spacial score (nSPS) is 21.0. The minimum absolute atomic E-state index is 0.453. The first kappa shape index (κ1) is 9.96. The van der Waals surface area contributed by atoms with Crippen molar-refractivity contribution in [3.05, 3.63) is 0 Å². The number of methoxy groups -OCH3 is 2. The van der Waals surface area contributed by atoms with Crippen LogP contribution in [0.3, 0.4) is 0 Å². The lowest BCUT2D eigenvalue weighted by Gasteiger charge is -2.29. The van der Waals surface area contributed by atoms with E-state index in [1.807, 2.05) is 0 Å². The fraction of sp³-hybridized carbons (Fsp3) is 1.00. The van der Waals surface area contributed by atoms with Crippen LogP contribution >= 0.6 is 0 Å². The number of ether oxygens (including phenoxy) is 2. The Morgan fingerprint density at radius 2 is 1.92 bits per heavy atom. The van der Waals surface area contributed by atoms with Crippen LogP contribution in [-0.2, 0) is 9.47 Å². The van der Waals surface area contributed by atoms with E-state index in [1.54, 1.807) is 14.2 Å². The molecule has 0 heterocycles. The molecule has 12 heavy (non-hydrogen) atoms. The number of hydrogen-bond donors (Lipinski definition) is 1. The minimum atomic E-state index is -0.467. The van der Waals surface area contributed by atoms with Gasteiger partial charge in [0.05, 0.1) is 0 Å². The topological polar surface area (TPSA) is 38.7 Å². The molecule has 1 unspecified atom stereocenters. The number of rotatable bonds is 5. The van der Waals surface area contributed by atoms with Gasteiger partial charge in [-0.25, -0.2) is 0 Å². The molecule has 0 aliphatic heterocycles. The first-order valence-corrected chi connectivity index (χ1v) is 4.51. The highest BCUT2D eigenvalue weighted by Crippen LogP contribution is 2.31. The molecule has 0 spiro atoms. The molecule has 1 N–H and O–H groups in total. The summed E-state index contributed by atoms with van der Waals surface area (Å²) in [5.41, 5.74) is 0. The fourth-order valence-corrected chi connectivity index (χ4v) is 1.59. The third-order valence-corrected chi connectivity index (χ3v) is 2.58. The molecule has 72 valence electrons. The molecule has 0 aromatic heterocycles. The molecule has 1 aliphatic carbocycles. The molecule has 0 radical (unpaired) electrons. The molecule has 0 aromatic carbocycles. The molecule has 1 saturated carbocycles. The monoisotopic (exact) mass is 174 g/mol. The molecular formula is C9H18O3. The van der Waals surface area contributed by atoms with Gasteiger partial charge in [0.1, 0.15) is 6.10 Å². The van der Waals surface area contributed by atoms with Gasteiger partial charge in [-0.3, -0.25) is 0 Å². The fourth-order valence-electron chi connectivity index (χ4n) is 1.59. The van der Waals surface area contributed by atoms with E-state index in [2.05, 4.69) is 0 Å². The van der Waals surface area contributed by atoms with Gasteiger partial charge in [-0.1, -0.05) is 19.3 Å². The zero-order valence-corrected chi connectivity index (χ0v) is 7.82. The lowest BCUT2D eigenvalue weighted by Crippen LogP contribution is -2.33. The Hall–Kier alpha value is -0.120. The van der Waals surface area contributed by atoms with Gasteiger partial charge in [0.2, 0.25) is 0 Å². The smallest absolute Gasteiger partial charge is 0.182 e. The van der Waals surface area contributed by atoms with Crippen molar-refractivity contribution in [2.45, 2.75) is 38.1 Å². The molecular weight excluding hydrogens is 156 g/mol. The third-order valence-electron chi connectivity index (χ3n) is 2.58. The number of hydrogen-bond acceptors (Lipinski definition) is 3. The predicted octanol–water partition coefficient (Wildman–Crippen LogP) is 1.16. The van der Waals surface area contributed by atoms with Gasteiger partial charge >= 0.3 is 0 Å². The summed E-state index contributed by atoms with van der Waals surface area (Å²) in [4.78, 5) is 0. The first-order chi connectivity index (χ1) is 5.77. The molecule has 3 nitrogen and oxygen atoms in total. The van der Waals surface area contributed by atoms with Crippen molar-refractivity contribution in [2.75, 3.05) is 14.2 Å². The summed E-state index contributed by atoms with van der Waals surface area (Å²) < 4.78 is 9.92. The Balaban J connectivity index is 2.19. The zero-order valence-electron chi connectivity index (χ0n) is 7.82. The van der Waals surface area contributed by atoms with Crippen molar-refractivity contribution in [3.8, 4) is 0 Å². The highest BCUT2D eigenvalue weighted by molar-refractivity contribution is 4.74. The van der Waals surface area contributed by atoms with E-state index in [4.69, 9.17) is 9.47 Å². The van der Waals surface area contributed by atoms with E-state index in [9.17, 15) is 5.11 Å². The van der Waals surface area contributed by atoms with Crippen molar-refractivity contribution >= 4 is 0 Å². The maximum Gasteiger partial charge on any atom is 0.182 e. The molecule has 0 bridgehead atoms. The lowest BCUT2D eigenvalue weighted by molar-refractivity contribution is -0.170. The van der Waals surface area contributed by atoms with Crippen LogP contribution in [0.4, 0.5) is 0 Å². The van der Waals surface area contributed by atoms with Gasteiger partial charge in [-0.2, -0.15) is 0 Å². The van der Waals surface area contributed by atoms with Crippen LogP contribution in [0.15, 0.2) is 0 Å². The summed E-state index contributed by atoms with van der Waals surface area (Å²) >= 11 is 0. The summed E-state index contributed by atoms with van der Waals surface area (Å²) in [6.07, 6.45) is 3.69. The molecule has 3 heteroatoms. The van der Waals surface area contributed by atoms with Crippen molar-refractivity contribution < 1.29 is 14.6 Å². The van der Waals surface area contributed by atoms with Crippen molar-refractivity contribution in [1.82, 2.24) is 0 Å². The highest BCUT2D eigenvalue weighted by Gasteiger charge is 2.25. The number of aliphatic hydroxyl groups excluding tert-OH is 1. The summed E-state index contributed by atoms with van der Waals surface area (Å²) in [6, 6.07) is 0. The zero-order chi connectivity index (χ0) is 8.97. The second-order valence-corrected chi connectivity index (χ2v) is 3.44. The highest BCUT2D eigenvalue weighted by atomic mass is 16.7. The average molecular weight is 174 g/mol. The molecule has 1 aliphatic rings. The Morgan fingerprint density at radius 3 is 2.25 bits per heavy atom. The molecule has 1 fully saturated rings. The van der Waals surface area contributed by atoms with E-state index in [0.717, 1.165) is 6.42 Å². The predicted molar refractivity (Wildman–Crippen MR) is 45.8 cm³/mol. The maximum atomic E-state index is 9.59. The SMILES string of the molecule is COC(OC)C(O)CC1CCC1. The van der Waals surface area contributed by atoms with Gasteiger partial charge in [0.15, 0.2) is 6.29 Å². The molecule has 1 rings (SSSR count). The Morgan fingerprint density at radius 1 is 1.33 bits per heavy atom. The van der Waals surface area contributed by atoms with Crippen molar-refractivity contribution in [1.29, 1.82) is 0 Å². The molecule has 0 saturated heterocycles. The van der Waals surface area contributed by atoms with Crippen LogP contribution in [0.2, 0.25) is 0 Å². The quantitative estimate of drug-likeness (QED) is 0.635. The van der Waals surface area contributed by atoms with Crippen LogP contribution in [0, 0.1) is 5.92 Å². The van der Waals surface area contributed by atoms with Crippen LogP contribution < -0.4 is 0 Å². The second kappa shape index (κ2) is 4.80. The van der Waals surface area contributed by atoms with Gasteiger partial charge in [-0.15, -0.1) is 0 Å². The van der Waals surface area contributed by atoms with Crippen LogP contribution in [0.1, 0.15) is 25.7 Å². The Bertz CT molecular complexity index is 119. The van der Waals surface area contributed by atoms with Crippen LogP contribution in [0.5, 0.6) is 0 Å². The number of aliphatic hydroxyl groups is 1. The van der Waals surface area contributed by atoms with Crippen molar-refractivity contribution in [3.63, 3.8) is 0 Å². The van der Waals surface area contributed by atoms with E-state index < -0.39 is 12.4 Å². The van der Waals surface area contributed by atoms with Crippen molar-refractivity contribution in [2.24, 2.45) is 5.92 Å². The van der Waals surface area contributed by atoms with Gasteiger partial charge in [0, 0.05) is 14.2 Å². The van der Waals surface area contributed by atoms with Crippen LogP contribution in [-0.4, -0.2) is 31.7 Å². The largest absolute Gasteiger partial charge is 0.388 e. The maximum absolute atomic E-state index is 9.59. The van der Waals surface area contributed by atoms with Gasteiger partial charge in [-0.05, 0) is 12.3 Å². The average Bonchev–Trinajstić information content (AvgIpc) is 1.99. The van der Waals surface area contributed by atoms with Gasteiger partial charge < -0.3 is 14.6 Å².